The number of hydrogen-bond acceptors (Lipinski definition) is 4. The van der Waals surface area contributed by atoms with Crippen LogP contribution in [0.1, 0.15) is 18.9 Å². The van der Waals surface area contributed by atoms with Gasteiger partial charge < -0.3 is 0 Å². The Balaban J connectivity index is 1.29. The summed E-state index contributed by atoms with van der Waals surface area (Å²) in [6, 6.07) is 51.8. The van der Waals surface area contributed by atoms with E-state index in [0.717, 1.165) is 50.4 Å². The van der Waals surface area contributed by atoms with Crippen molar-refractivity contribution in [3.05, 3.63) is 175 Å². The Bertz CT molecular complexity index is 2900. The molecule has 0 N–H and O–H groups in total. The van der Waals surface area contributed by atoms with Crippen LogP contribution in [-0.2, 0) is 5.41 Å². The van der Waals surface area contributed by atoms with Crippen molar-refractivity contribution in [3.8, 4) is 45.3 Å². The summed E-state index contributed by atoms with van der Waals surface area (Å²) in [5, 5.41) is 7.07. The van der Waals surface area contributed by atoms with Gasteiger partial charge in [-0.25, -0.2) is 15.0 Å². The van der Waals surface area contributed by atoms with Crippen molar-refractivity contribution in [2.45, 2.75) is 18.8 Å². The van der Waals surface area contributed by atoms with E-state index in [-0.39, 0.29) is 5.41 Å². The van der Waals surface area contributed by atoms with Gasteiger partial charge in [0.05, 0.1) is 0 Å². The van der Waals surface area contributed by atoms with E-state index in [1.54, 1.807) is 11.3 Å². The second kappa shape index (κ2) is 12.2. The van der Waals surface area contributed by atoms with E-state index in [4.69, 9.17) is 15.0 Å². The fourth-order valence-electron chi connectivity index (χ4n) is 7.94. The number of benzene rings is 7. The molecule has 0 radical (unpaired) electrons. The fraction of sp³-hybridized carbons (Fsp3) is 0.0625. The van der Waals surface area contributed by atoms with E-state index >= 15 is 0 Å². The molecule has 9 aromatic rings. The lowest BCUT2D eigenvalue weighted by atomic mass is 9.75. The summed E-state index contributed by atoms with van der Waals surface area (Å²) in [4.78, 5) is 16.2. The van der Waals surface area contributed by atoms with Gasteiger partial charge in [0.2, 0.25) is 0 Å². The Hall–Kier alpha value is -6.23. The summed E-state index contributed by atoms with van der Waals surface area (Å²) in [6.45, 7) is 2.32. The molecule has 0 saturated heterocycles. The minimum absolute atomic E-state index is 0.104. The number of rotatable bonds is 5. The second-order valence-corrected chi connectivity index (χ2v) is 14.8. The van der Waals surface area contributed by atoms with Crippen LogP contribution in [0, 0.1) is 0 Å². The van der Waals surface area contributed by atoms with Gasteiger partial charge in [-0.3, -0.25) is 0 Å². The van der Waals surface area contributed by atoms with E-state index in [1.165, 1.54) is 31.1 Å². The third-order valence-electron chi connectivity index (χ3n) is 10.6. The molecule has 3 nitrogen and oxygen atoms in total. The van der Waals surface area contributed by atoms with Crippen LogP contribution in [0.4, 0.5) is 0 Å². The summed E-state index contributed by atoms with van der Waals surface area (Å²) < 4.78 is 2.43. The van der Waals surface area contributed by atoms with Crippen LogP contribution in [0.15, 0.2) is 170 Å². The Morgan fingerprint density at radius 3 is 2.00 bits per heavy atom. The minimum atomic E-state index is -0.104. The monoisotopic (exact) mass is 683 g/mol. The van der Waals surface area contributed by atoms with Gasteiger partial charge >= 0.3 is 0 Å². The maximum atomic E-state index is 5.42. The molecule has 0 amide bonds. The molecule has 0 fully saturated rings. The first-order valence-electron chi connectivity index (χ1n) is 17.8. The maximum absolute atomic E-state index is 5.42. The first kappa shape index (κ1) is 30.6. The molecule has 52 heavy (non-hydrogen) atoms. The summed E-state index contributed by atoms with van der Waals surface area (Å²) >= 11 is 1.80. The molecule has 0 saturated carbocycles. The molecular formula is C48H33N3S. The van der Waals surface area contributed by atoms with Crippen molar-refractivity contribution in [2.75, 3.05) is 0 Å². The Kier molecular flexibility index (Phi) is 7.19. The summed E-state index contributed by atoms with van der Waals surface area (Å²) in [5.74, 6) is 2.00. The number of allylic oxidation sites excluding steroid dienone is 4. The van der Waals surface area contributed by atoms with Crippen LogP contribution in [0.3, 0.4) is 0 Å². The molecule has 1 atom stereocenters. The van der Waals surface area contributed by atoms with Gasteiger partial charge in [-0.1, -0.05) is 165 Å². The van der Waals surface area contributed by atoms with Gasteiger partial charge in [-0.2, -0.15) is 0 Å². The fourth-order valence-corrected chi connectivity index (χ4v) is 9.15. The summed E-state index contributed by atoms with van der Waals surface area (Å²) in [6.07, 6.45) is 9.84. The topological polar surface area (TPSA) is 38.7 Å². The van der Waals surface area contributed by atoms with E-state index in [0.29, 0.717) is 17.5 Å². The standard InChI is InChI=1S/C48H33N3S/c1-48(29-12-3-13-30-48)41-28-27-39(35-19-8-9-20-36(35)41)45-49-46(40-23-14-22-38-37-21-10-11-24-42(37)52-44(38)40)51-47(50-45)43-33-18-7-6-17-32(33)25-26-34(43)31-15-4-2-5-16-31/h2-29H,30H2,1H3. The molecule has 2 heterocycles. The maximum Gasteiger partial charge on any atom is 0.165 e. The van der Waals surface area contributed by atoms with Gasteiger partial charge in [0, 0.05) is 42.3 Å². The molecule has 0 aliphatic heterocycles. The molecule has 1 aliphatic carbocycles. The predicted octanol–water partition coefficient (Wildman–Crippen LogP) is 13.0. The van der Waals surface area contributed by atoms with E-state index in [2.05, 4.69) is 177 Å². The predicted molar refractivity (Wildman–Crippen MR) is 220 cm³/mol. The molecule has 7 aromatic carbocycles. The van der Waals surface area contributed by atoms with Crippen molar-refractivity contribution in [2.24, 2.45) is 0 Å². The smallest absolute Gasteiger partial charge is 0.165 e. The van der Waals surface area contributed by atoms with Crippen molar-refractivity contribution >= 4 is 53.1 Å². The zero-order valence-corrected chi connectivity index (χ0v) is 29.4. The number of nitrogens with zero attached hydrogens (tertiary/aromatic N) is 3. The van der Waals surface area contributed by atoms with Gasteiger partial charge in [0.1, 0.15) is 0 Å². The van der Waals surface area contributed by atoms with Crippen LogP contribution in [-0.4, -0.2) is 15.0 Å². The lowest BCUT2D eigenvalue weighted by Gasteiger charge is -2.29. The highest BCUT2D eigenvalue weighted by molar-refractivity contribution is 7.26. The molecule has 4 heteroatoms. The van der Waals surface area contributed by atoms with Crippen LogP contribution in [0.25, 0.3) is 87.0 Å². The number of aromatic nitrogens is 3. The molecule has 2 aromatic heterocycles. The Morgan fingerprint density at radius 2 is 1.17 bits per heavy atom. The van der Waals surface area contributed by atoms with Crippen molar-refractivity contribution in [3.63, 3.8) is 0 Å². The third-order valence-corrected chi connectivity index (χ3v) is 11.8. The zero-order valence-electron chi connectivity index (χ0n) is 28.6. The number of fused-ring (bicyclic) bond motifs is 5. The van der Waals surface area contributed by atoms with Crippen LogP contribution in [0.2, 0.25) is 0 Å². The molecule has 0 bridgehead atoms. The molecule has 246 valence electrons. The Labute approximate surface area is 306 Å². The quantitative estimate of drug-likeness (QED) is 0.181. The van der Waals surface area contributed by atoms with E-state index in [9.17, 15) is 0 Å². The highest BCUT2D eigenvalue weighted by atomic mass is 32.1. The average Bonchev–Trinajstić information content (AvgIpc) is 3.59. The zero-order chi connectivity index (χ0) is 34.6. The van der Waals surface area contributed by atoms with Crippen molar-refractivity contribution < 1.29 is 0 Å². The number of hydrogen-bond donors (Lipinski definition) is 0. The molecule has 0 spiro atoms. The highest BCUT2D eigenvalue weighted by Crippen LogP contribution is 2.43. The van der Waals surface area contributed by atoms with Gasteiger partial charge in [-0.15, -0.1) is 11.3 Å². The molecule has 10 rings (SSSR count). The summed E-state index contributed by atoms with van der Waals surface area (Å²) in [7, 11) is 0. The third kappa shape index (κ3) is 4.98. The van der Waals surface area contributed by atoms with Gasteiger partial charge in [0.15, 0.2) is 17.5 Å². The first-order valence-corrected chi connectivity index (χ1v) is 18.6. The first-order chi connectivity index (χ1) is 25.6. The van der Waals surface area contributed by atoms with Crippen LogP contribution in [0.5, 0.6) is 0 Å². The van der Waals surface area contributed by atoms with Crippen molar-refractivity contribution in [1.82, 2.24) is 15.0 Å². The lowest BCUT2D eigenvalue weighted by molar-refractivity contribution is 0.605. The molecule has 1 aliphatic rings. The average molecular weight is 684 g/mol. The summed E-state index contributed by atoms with van der Waals surface area (Å²) in [5.41, 5.74) is 6.42. The van der Waals surface area contributed by atoms with Gasteiger partial charge in [0.25, 0.3) is 0 Å². The largest absolute Gasteiger partial charge is 0.208 e. The minimum Gasteiger partial charge on any atom is -0.208 e. The Morgan fingerprint density at radius 1 is 0.500 bits per heavy atom. The van der Waals surface area contributed by atoms with E-state index < -0.39 is 0 Å². The van der Waals surface area contributed by atoms with Crippen molar-refractivity contribution in [1.29, 1.82) is 0 Å². The SMILES string of the molecule is CC1(c2ccc(-c3nc(-c4c(-c5ccccc5)ccc5ccccc45)nc(-c4cccc5c4sc4ccccc45)n3)c3ccccc23)C=CC=CC1. The highest BCUT2D eigenvalue weighted by Gasteiger charge is 2.27. The van der Waals surface area contributed by atoms with Gasteiger partial charge in [-0.05, 0) is 56.8 Å². The van der Waals surface area contributed by atoms with Crippen LogP contribution >= 0.6 is 11.3 Å². The lowest BCUT2D eigenvalue weighted by Crippen LogP contribution is -2.20. The van der Waals surface area contributed by atoms with Crippen LogP contribution < -0.4 is 0 Å². The molecule has 1 unspecified atom stereocenters. The number of thiophene rings is 1. The normalized spacial score (nSPS) is 15.6. The second-order valence-electron chi connectivity index (χ2n) is 13.8. The molecular weight excluding hydrogens is 651 g/mol. The van der Waals surface area contributed by atoms with E-state index in [1.807, 2.05) is 0 Å².